The first kappa shape index (κ1) is 17.9. The lowest BCUT2D eigenvalue weighted by Crippen LogP contribution is -2.15. The Hall–Kier alpha value is -2.47. The number of rotatable bonds is 7. The average Bonchev–Trinajstić information content (AvgIpc) is 2.57. The number of halogens is 2. The fraction of sp³-hybridized carbons (Fsp3) is 0.235. The second-order valence-corrected chi connectivity index (χ2v) is 5.35. The van der Waals surface area contributed by atoms with E-state index in [4.69, 9.17) is 26.8 Å². The molecule has 0 aromatic heterocycles. The van der Waals surface area contributed by atoms with Crippen molar-refractivity contribution < 1.29 is 18.7 Å². The quantitative estimate of drug-likeness (QED) is 0.445. The van der Waals surface area contributed by atoms with Crippen molar-refractivity contribution in [1.29, 1.82) is 0 Å². The molecule has 128 valence electrons. The summed E-state index contributed by atoms with van der Waals surface area (Å²) in [7, 11) is 0. The van der Waals surface area contributed by atoms with E-state index in [1.54, 1.807) is 30.3 Å². The van der Waals surface area contributed by atoms with Gasteiger partial charge in [0, 0.05) is 11.9 Å². The maximum absolute atomic E-state index is 12.8. The van der Waals surface area contributed by atoms with Gasteiger partial charge < -0.3 is 15.2 Å². The molecule has 0 spiro atoms. The van der Waals surface area contributed by atoms with Gasteiger partial charge in [-0.05, 0) is 36.2 Å². The van der Waals surface area contributed by atoms with Crippen molar-refractivity contribution in [1.82, 2.24) is 0 Å². The number of nitrogens with two attached hydrogens (primary N) is 1. The Balaban J connectivity index is 1.89. The molecule has 0 atom stereocenters. The standard InChI is InChI=1S/C17H18ClFN2O3/c18-8-1-9-23-17(22)21-16-7-6-14(10-15(16)20)24-11-12-2-4-13(19)5-3-12/h2-7,10H,1,8-9,11,20H2,(H,21,22). The molecule has 3 N–H and O–H groups in total. The second-order valence-electron chi connectivity index (χ2n) is 4.97. The Kier molecular flexibility index (Phi) is 6.69. The maximum Gasteiger partial charge on any atom is 0.411 e. The molecule has 7 heteroatoms. The molecule has 0 bridgehead atoms. The first-order valence-electron chi connectivity index (χ1n) is 7.35. The smallest absolute Gasteiger partial charge is 0.411 e. The highest BCUT2D eigenvalue weighted by molar-refractivity contribution is 6.17. The summed E-state index contributed by atoms with van der Waals surface area (Å²) in [6.45, 7) is 0.529. The monoisotopic (exact) mass is 352 g/mol. The molecule has 5 nitrogen and oxygen atoms in total. The number of amides is 1. The molecule has 2 aromatic carbocycles. The molecule has 2 rings (SSSR count). The topological polar surface area (TPSA) is 73.6 Å². The van der Waals surface area contributed by atoms with E-state index in [0.29, 0.717) is 29.4 Å². The van der Waals surface area contributed by atoms with Gasteiger partial charge in [-0.25, -0.2) is 9.18 Å². The van der Waals surface area contributed by atoms with Crippen LogP contribution in [0, 0.1) is 5.82 Å². The predicted molar refractivity (Wildman–Crippen MR) is 91.9 cm³/mol. The number of nitrogen functional groups attached to an aromatic ring is 1. The molecule has 1 amide bonds. The van der Waals surface area contributed by atoms with E-state index >= 15 is 0 Å². The van der Waals surface area contributed by atoms with E-state index in [1.807, 2.05) is 0 Å². The summed E-state index contributed by atoms with van der Waals surface area (Å²) in [5, 5.41) is 2.55. The van der Waals surface area contributed by atoms with Gasteiger partial charge in [0.1, 0.15) is 18.2 Å². The molecule has 0 radical (unpaired) electrons. The van der Waals surface area contributed by atoms with Gasteiger partial charge in [0.15, 0.2) is 0 Å². The van der Waals surface area contributed by atoms with Crippen molar-refractivity contribution in [3.63, 3.8) is 0 Å². The fourth-order valence-corrected chi connectivity index (χ4v) is 1.97. The van der Waals surface area contributed by atoms with E-state index in [9.17, 15) is 9.18 Å². The molecule has 0 saturated heterocycles. The average molecular weight is 353 g/mol. The molecule has 0 aliphatic heterocycles. The molecule has 0 aliphatic carbocycles. The van der Waals surface area contributed by atoms with Crippen molar-refractivity contribution in [3.8, 4) is 5.75 Å². The molecule has 0 unspecified atom stereocenters. The Labute approximate surface area is 144 Å². The van der Waals surface area contributed by atoms with Crippen molar-refractivity contribution in [2.45, 2.75) is 13.0 Å². The van der Waals surface area contributed by atoms with E-state index in [0.717, 1.165) is 5.56 Å². The molecular weight excluding hydrogens is 335 g/mol. The van der Waals surface area contributed by atoms with E-state index in [2.05, 4.69) is 5.32 Å². The van der Waals surface area contributed by atoms with E-state index < -0.39 is 6.09 Å². The van der Waals surface area contributed by atoms with Crippen LogP contribution in [0.1, 0.15) is 12.0 Å². The zero-order chi connectivity index (χ0) is 17.4. The highest BCUT2D eigenvalue weighted by Gasteiger charge is 2.07. The van der Waals surface area contributed by atoms with Crippen molar-refractivity contribution >= 4 is 29.1 Å². The summed E-state index contributed by atoms with van der Waals surface area (Å²) in [5.41, 5.74) is 7.50. The maximum atomic E-state index is 12.8. The number of hydrogen-bond acceptors (Lipinski definition) is 4. The SMILES string of the molecule is Nc1cc(OCc2ccc(F)cc2)ccc1NC(=O)OCCCCl. The number of carbonyl (C=O) groups excluding carboxylic acids is 1. The van der Waals surface area contributed by atoms with Crippen LogP contribution in [0.15, 0.2) is 42.5 Å². The van der Waals surface area contributed by atoms with Gasteiger partial charge in [-0.15, -0.1) is 11.6 Å². The number of hydrogen-bond donors (Lipinski definition) is 2. The number of benzene rings is 2. The van der Waals surface area contributed by atoms with Gasteiger partial charge in [-0.1, -0.05) is 12.1 Å². The van der Waals surface area contributed by atoms with E-state index in [-0.39, 0.29) is 19.0 Å². The summed E-state index contributed by atoms with van der Waals surface area (Å²) in [5.74, 6) is 0.671. The molecule has 0 fully saturated rings. The largest absolute Gasteiger partial charge is 0.489 e. The summed E-state index contributed by atoms with van der Waals surface area (Å²) in [4.78, 5) is 11.6. The Morgan fingerprint density at radius 3 is 2.62 bits per heavy atom. The number of ether oxygens (including phenoxy) is 2. The lowest BCUT2D eigenvalue weighted by atomic mass is 10.2. The van der Waals surface area contributed by atoms with Gasteiger partial charge in [-0.3, -0.25) is 5.32 Å². The third-order valence-corrected chi connectivity index (χ3v) is 3.36. The highest BCUT2D eigenvalue weighted by atomic mass is 35.5. The molecule has 2 aromatic rings. The van der Waals surface area contributed by atoms with Gasteiger partial charge in [0.25, 0.3) is 0 Å². The summed E-state index contributed by atoms with van der Waals surface area (Å²) in [6.07, 6.45) is -0.00698. The minimum atomic E-state index is -0.591. The first-order chi connectivity index (χ1) is 11.6. The Morgan fingerprint density at radius 2 is 1.96 bits per heavy atom. The van der Waals surface area contributed by atoms with Crippen LogP contribution in [0.25, 0.3) is 0 Å². The first-order valence-corrected chi connectivity index (χ1v) is 7.88. The predicted octanol–water partition coefficient (Wildman–Crippen LogP) is 4.16. The second kappa shape index (κ2) is 8.98. The van der Waals surface area contributed by atoms with E-state index in [1.165, 1.54) is 12.1 Å². The van der Waals surface area contributed by atoms with Gasteiger partial charge >= 0.3 is 6.09 Å². The Bertz CT molecular complexity index is 680. The third-order valence-electron chi connectivity index (χ3n) is 3.09. The van der Waals surface area contributed by atoms with Gasteiger partial charge in [-0.2, -0.15) is 0 Å². The summed E-state index contributed by atoms with van der Waals surface area (Å²) < 4.78 is 23.4. The minimum Gasteiger partial charge on any atom is -0.489 e. The molecule has 0 aliphatic rings. The third kappa shape index (κ3) is 5.62. The highest BCUT2D eigenvalue weighted by Crippen LogP contribution is 2.25. The fourth-order valence-electron chi connectivity index (χ4n) is 1.86. The minimum absolute atomic E-state index is 0.244. The number of carbonyl (C=O) groups is 1. The lowest BCUT2D eigenvalue weighted by molar-refractivity contribution is 0.162. The number of alkyl halides is 1. The van der Waals surface area contributed by atoms with Gasteiger partial charge in [0.05, 0.1) is 18.0 Å². The van der Waals surface area contributed by atoms with Crippen LogP contribution in [-0.4, -0.2) is 18.6 Å². The van der Waals surface area contributed by atoms with Crippen LogP contribution >= 0.6 is 11.6 Å². The zero-order valence-electron chi connectivity index (χ0n) is 12.9. The number of anilines is 2. The van der Waals surface area contributed by atoms with Crippen molar-refractivity contribution in [2.75, 3.05) is 23.5 Å². The Morgan fingerprint density at radius 1 is 1.21 bits per heavy atom. The van der Waals surface area contributed by atoms with Crippen LogP contribution in [0.4, 0.5) is 20.6 Å². The normalized spacial score (nSPS) is 10.2. The van der Waals surface area contributed by atoms with Crippen molar-refractivity contribution in [3.05, 3.63) is 53.8 Å². The van der Waals surface area contributed by atoms with Crippen LogP contribution in [0.2, 0.25) is 0 Å². The molecular formula is C17H18ClFN2O3. The zero-order valence-corrected chi connectivity index (χ0v) is 13.7. The molecule has 24 heavy (non-hydrogen) atoms. The lowest BCUT2D eigenvalue weighted by Gasteiger charge is -2.11. The van der Waals surface area contributed by atoms with Crippen LogP contribution in [0.5, 0.6) is 5.75 Å². The number of nitrogens with one attached hydrogen (secondary N) is 1. The van der Waals surface area contributed by atoms with Crippen molar-refractivity contribution in [2.24, 2.45) is 0 Å². The molecule has 0 heterocycles. The van der Waals surface area contributed by atoms with Crippen LogP contribution < -0.4 is 15.8 Å². The summed E-state index contributed by atoms with van der Waals surface area (Å²) in [6, 6.07) is 10.9. The molecule has 0 saturated carbocycles. The van der Waals surface area contributed by atoms with Gasteiger partial charge in [0.2, 0.25) is 0 Å². The van der Waals surface area contributed by atoms with Crippen LogP contribution in [-0.2, 0) is 11.3 Å². The van der Waals surface area contributed by atoms with Crippen LogP contribution in [0.3, 0.4) is 0 Å². The summed E-state index contributed by atoms with van der Waals surface area (Å²) >= 11 is 5.51.